The minimum atomic E-state index is -1.05. The van der Waals surface area contributed by atoms with E-state index in [1.807, 2.05) is 0 Å². The van der Waals surface area contributed by atoms with Crippen LogP contribution in [0.1, 0.15) is 0 Å². The molecule has 0 amide bonds. The smallest absolute Gasteiger partial charge is 0.319 e. The van der Waals surface area contributed by atoms with Crippen molar-refractivity contribution < 1.29 is 20.1 Å². The molecule has 0 saturated heterocycles. The number of hydrogen-bond acceptors (Lipinski definition) is 6. The molecule has 1 aromatic carbocycles. The lowest BCUT2D eigenvalue weighted by Gasteiger charge is -2.01. The standard InChI is InChI=1S/C6H3ClN2O6/c7-4-5(10)2(8(12)13)1-3(6(4)11)9(14)15/h1,10-11H. The number of benzene rings is 1. The Morgan fingerprint density at radius 2 is 1.40 bits per heavy atom. The number of aromatic hydroxyl groups is 2. The maximum Gasteiger partial charge on any atom is 0.319 e. The van der Waals surface area contributed by atoms with Gasteiger partial charge in [-0.25, -0.2) is 0 Å². The summed E-state index contributed by atoms with van der Waals surface area (Å²) in [7, 11) is 0. The number of nitro groups is 2. The quantitative estimate of drug-likeness (QED) is 0.590. The van der Waals surface area contributed by atoms with Crippen molar-refractivity contribution in [3.8, 4) is 11.5 Å². The monoisotopic (exact) mass is 234 g/mol. The molecule has 0 aliphatic rings. The zero-order valence-electron chi connectivity index (χ0n) is 6.88. The summed E-state index contributed by atoms with van der Waals surface area (Å²) in [5.74, 6) is -2.02. The minimum Gasteiger partial charge on any atom is -0.501 e. The zero-order valence-corrected chi connectivity index (χ0v) is 7.63. The van der Waals surface area contributed by atoms with Crippen molar-refractivity contribution in [2.75, 3.05) is 0 Å². The van der Waals surface area contributed by atoms with Crippen molar-refractivity contribution in [1.82, 2.24) is 0 Å². The van der Waals surface area contributed by atoms with Gasteiger partial charge >= 0.3 is 11.4 Å². The van der Waals surface area contributed by atoms with Gasteiger partial charge in [0.1, 0.15) is 11.1 Å². The number of halogens is 1. The lowest BCUT2D eigenvalue weighted by Crippen LogP contribution is -1.94. The van der Waals surface area contributed by atoms with Crippen LogP contribution in [0.15, 0.2) is 6.07 Å². The van der Waals surface area contributed by atoms with Gasteiger partial charge in [-0.05, 0) is 0 Å². The molecule has 0 radical (unpaired) electrons. The van der Waals surface area contributed by atoms with Crippen molar-refractivity contribution in [2.24, 2.45) is 0 Å². The van der Waals surface area contributed by atoms with E-state index in [2.05, 4.69) is 0 Å². The highest BCUT2D eigenvalue weighted by molar-refractivity contribution is 6.34. The Morgan fingerprint density at radius 1 is 1.07 bits per heavy atom. The first-order valence-corrected chi connectivity index (χ1v) is 3.77. The van der Waals surface area contributed by atoms with Crippen LogP contribution in [0.2, 0.25) is 5.02 Å². The molecular weight excluding hydrogens is 232 g/mol. The van der Waals surface area contributed by atoms with E-state index < -0.39 is 37.7 Å². The third-order valence-electron chi connectivity index (χ3n) is 1.57. The van der Waals surface area contributed by atoms with Crippen molar-refractivity contribution in [3.05, 3.63) is 31.3 Å². The minimum absolute atomic E-state index is 0.427. The Morgan fingerprint density at radius 3 is 1.67 bits per heavy atom. The van der Waals surface area contributed by atoms with Gasteiger partial charge in [0.05, 0.1) is 9.85 Å². The Labute approximate surface area is 86.6 Å². The summed E-state index contributed by atoms with van der Waals surface area (Å²) in [5, 5.41) is 38.1. The van der Waals surface area contributed by atoms with Crippen LogP contribution in [0.4, 0.5) is 11.4 Å². The van der Waals surface area contributed by atoms with Gasteiger partial charge in [0.15, 0.2) is 0 Å². The second-order valence-corrected chi connectivity index (χ2v) is 2.82. The molecule has 15 heavy (non-hydrogen) atoms. The fourth-order valence-electron chi connectivity index (χ4n) is 0.882. The summed E-state index contributed by atoms with van der Waals surface area (Å²) >= 11 is 5.27. The average molecular weight is 235 g/mol. The van der Waals surface area contributed by atoms with E-state index in [4.69, 9.17) is 21.8 Å². The molecule has 0 bridgehead atoms. The largest absolute Gasteiger partial charge is 0.501 e. The third kappa shape index (κ3) is 1.74. The molecule has 0 saturated carbocycles. The first kappa shape index (κ1) is 11.0. The average Bonchev–Trinajstić information content (AvgIpc) is 2.13. The number of phenolic OH excluding ortho intramolecular Hbond substituents is 2. The Kier molecular flexibility index (Phi) is 2.62. The van der Waals surface area contributed by atoms with Gasteiger partial charge in [0.2, 0.25) is 11.5 Å². The lowest BCUT2D eigenvalue weighted by molar-refractivity contribution is -0.395. The second kappa shape index (κ2) is 3.58. The molecule has 9 heteroatoms. The van der Waals surface area contributed by atoms with Crippen molar-refractivity contribution in [3.63, 3.8) is 0 Å². The van der Waals surface area contributed by atoms with Crippen LogP contribution in [0.5, 0.6) is 11.5 Å². The molecule has 0 aliphatic carbocycles. The number of hydrogen-bond donors (Lipinski definition) is 2. The fourth-order valence-corrected chi connectivity index (χ4v) is 1.08. The Bertz CT molecular complexity index is 421. The third-order valence-corrected chi connectivity index (χ3v) is 1.93. The summed E-state index contributed by atoms with van der Waals surface area (Å²) in [5.41, 5.74) is -1.88. The number of nitrogens with zero attached hydrogens (tertiary/aromatic N) is 2. The van der Waals surface area contributed by atoms with Crippen LogP contribution in [0.3, 0.4) is 0 Å². The van der Waals surface area contributed by atoms with E-state index in [0.29, 0.717) is 6.07 Å². The summed E-state index contributed by atoms with van der Waals surface area (Å²) in [6.07, 6.45) is 0. The van der Waals surface area contributed by atoms with Crippen LogP contribution < -0.4 is 0 Å². The highest BCUT2D eigenvalue weighted by atomic mass is 35.5. The van der Waals surface area contributed by atoms with Gasteiger partial charge in [-0.1, -0.05) is 11.6 Å². The SMILES string of the molecule is O=[N+]([O-])c1cc([N+](=O)[O-])c(O)c(Cl)c1O. The van der Waals surface area contributed by atoms with E-state index in [-0.39, 0.29) is 0 Å². The van der Waals surface area contributed by atoms with Gasteiger partial charge in [0.25, 0.3) is 0 Å². The van der Waals surface area contributed by atoms with Crippen LogP contribution in [-0.4, -0.2) is 20.1 Å². The molecule has 1 aromatic rings. The van der Waals surface area contributed by atoms with E-state index in [9.17, 15) is 20.2 Å². The molecular formula is C6H3ClN2O6. The van der Waals surface area contributed by atoms with Gasteiger partial charge in [-0.15, -0.1) is 0 Å². The van der Waals surface area contributed by atoms with Crippen molar-refractivity contribution in [2.45, 2.75) is 0 Å². The summed E-state index contributed by atoms with van der Waals surface area (Å²) in [6, 6.07) is 0.427. The van der Waals surface area contributed by atoms with E-state index in [1.54, 1.807) is 0 Å². The number of phenols is 2. The maximum atomic E-state index is 10.3. The molecule has 1 rings (SSSR count). The van der Waals surface area contributed by atoms with E-state index in [1.165, 1.54) is 0 Å². The highest BCUT2D eigenvalue weighted by Crippen LogP contribution is 2.45. The molecule has 0 unspecified atom stereocenters. The normalized spacial score (nSPS) is 9.93. The zero-order chi connectivity index (χ0) is 11.7. The molecule has 8 nitrogen and oxygen atoms in total. The highest BCUT2D eigenvalue weighted by Gasteiger charge is 2.28. The van der Waals surface area contributed by atoms with Gasteiger partial charge in [-0.3, -0.25) is 20.2 Å². The van der Waals surface area contributed by atoms with Crippen molar-refractivity contribution in [1.29, 1.82) is 0 Å². The summed E-state index contributed by atoms with van der Waals surface area (Å²) < 4.78 is 0. The topological polar surface area (TPSA) is 127 Å². The Hall–Kier alpha value is -2.09. The molecule has 80 valence electrons. The number of rotatable bonds is 2. The van der Waals surface area contributed by atoms with Crippen LogP contribution in [0, 0.1) is 20.2 Å². The molecule has 0 aromatic heterocycles. The molecule has 0 atom stereocenters. The predicted octanol–water partition coefficient (Wildman–Crippen LogP) is 1.57. The molecule has 0 aliphatic heterocycles. The van der Waals surface area contributed by atoms with E-state index in [0.717, 1.165) is 0 Å². The van der Waals surface area contributed by atoms with Gasteiger partial charge in [-0.2, -0.15) is 0 Å². The predicted molar refractivity (Wildman–Crippen MR) is 48.1 cm³/mol. The van der Waals surface area contributed by atoms with Crippen LogP contribution >= 0.6 is 11.6 Å². The van der Waals surface area contributed by atoms with Crippen molar-refractivity contribution >= 4 is 23.0 Å². The lowest BCUT2D eigenvalue weighted by atomic mass is 10.2. The van der Waals surface area contributed by atoms with Crippen LogP contribution in [-0.2, 0) is 0 Å². The van der Waals surface area contributed by atoms with Gasteiger partial charge < -0.3 is 10.2 Å². The summed E-state index contributed by atoms with van der Waals surface area (Å²) in [6.45, 7) is 0. The molecule has 0 fully saturated rings. The molecule has 0 spiro atoms. The first-order valence-electron chi connectivity index (χ1n) is 3.39. The second-order valence-electron chi connectivity index (χ2n) is 2.44. The molecule has 2 N–H and O–H groups in total. The molecule has 0 heterocycles. The number of nitro benzene ring substituents is 2. The Balaban J connectivity index is 3.59. The fraction of sp³-hybridized carbons (Fsp3) is 0. The first-order chi connectivity index (χ1) is 6.86. The van der Waals surface area contributed by atoms with Gasteiger partial charge in [0, 0.05) is 0 Å². The maximum absolute atomic E-state index is 10.3. The van der Waals surface area contributed by atoms with E-state index >= 15 is 0 Å². The summed E-state index contributed by atoms with van der Waals surface area (Å²) in [4.78, 5) is 18.6. The van der Waals surface area contributed by atoms with Crippen LogP contribution in [0.25, 0.3) is 0 Å².